The van der Waals surface area contributed by atoms with E-state index in [1.807, 2.05) is 12.4 Å². The number of nitrogens with one attached hydrogen (secondary N) is 1. The first kappa shape index (κ1) is 10.6. The predicted octanol–water partition coefficient (Wildman–Crippen LogP) is 0.918. The second-order valence-corrected chi connectivity index (χ2v) is 4.26. The van der Waals surface area contributed by atoms with Crippen LogP contribution in [0.15, 0.2) is 24.5 Å². The van der Waals surface area contributed by atoms with Crippen LogP contribution in [-0.2, 0) is 6.42 Å². The average molecular weight is 205 g/mol. The van der Waals surface area contributed by atoms with Gasteiger partial charge >= 0.3 is 0 Å². The first-order chi connectivity index (χ1) is 7.34. The Kier molecular flexibility index (Phi) is 3.69. The molecule has 1 aliphatic rings. The van der Waals surface area contributed by atoms with Crippen LogP contribution in [0.4, 0.5) is 0 Å². The third-order valence-electron chi connectivity index (χ3n) is 2.92. The topological polar surface area (TPSA) is 28.2 Å². The van der Waals surface area contributed by atoms with E-state index >= 15 is 0 Å². The summed E-state index contributed by atoms with van der Waals surface area (Å²) in [6, 6.07) is 4.84. The summed E-state index contributed by atoms with van der Waals surface area (Å²) in [6.07, 6.45) is 4.88. The Balaban J connectivity index is 1.78. The van der Waals surface area contributed by atoms with Crippen LogP contribution in [0.2, 0.25) is 0 Å². The molecule has 2 heterocycles. The van der Waals surface area contributed by atoms with Crippen LogP contribution >= 0.6 is 0 Å². The fourth-order valence-corrected chi connectivity index (χ4v) is 2.05. The van der Waals surface area contributed by atoms with Crippen LogP contribution in [0.3, 0.4) is 0 Å². The zero-order valence-corrected chi connectivity index (χ0v) is 9.32. The lowest BCUT2D eigenvalue weighted by Crippen LogP contribution is -2.49. The Hall–Kier alpha value is -0.930. The van der Waals surface area contributed by atoms with E-state index in [-0.39, 0.29) is 0 Å². The second-order valence-electron chi connectivity index (χ2n) is 4.26. The molecular weight excluding hydrogens is 186 g/mol. The Morgan fingerprint density at radius 3 is 3.00 bits per heavy atom. The van der Waals surface area contributed by atoms with Gasteiger partial charge in [-0.1, -0.05) is 0 Å². The number of pyridine rings is 1. The molecule has 0 bridgehead atoms. The summed E-state index contributed by atoms with van der Waals surface area (Å²) in [7, 11) is 0. The van der Waals surface area contributed by atoms with E-state index in [0.29, 0.717) is 6.04 Å². The molecule has 1 N–H and O–H groups in total. The van der Waals surface area contributed by atoms with Crippen molar-refractivity contribution < 1.29 is 0 Å². The third kappa shape index (κ3) is 3.29. The number of nitrogens with zero attached hydrogens (tertiary/aromatic N) is 2. The molecule has 3 nitrogen and oxygen atoms in total. The molecule has 1 fully saturated rings. The maximum atomic E-state index is 4.03. The van der Waals surface area contributed by atoms with Crippen molar-refractivity contribution in [1.29, 1.82) is 0 Å². The SMILES string of the molecule is CC1CN(CCc2ccncc2)CCN1. The number of hydrogen-bond acceptors (Lipinski definition) is 3. The summed E-state index contributed by atoms with van der Waals surface area (Å²) in [6.45, 7) is 6.88. The summed E-state index contributed by atoms with van der Waals surface area (Å²) in [5.41, 5.74) is 1.39. The van der Waals surface area contributed by atoms with Crippen LogP contribution < -0.4 is 5.32 Å². The Labute approximate surface area is 91.5 Å². The van der Waals surface area contributed by atoms with Crippen LogP contribution in [0, 0.1) is 0 Å². The molecule has 0 aliphatic carbocycles. The Morgan fingerprint density at radius 1 is 1.47 bits per heavy atom. The molecule has 3 heteroatoms. The van der Waals surface area contributed by atoms with Crippen LogP contribution in [0.1, 0.15) is 12.5 Å². The Morgan fingerprint density at radius 2 is 2.27 bits per heavy atom. The van der Waals surface area contributed by atoms with Gasteiger partial charge in [-0.15, -0.1) is 0 Å². The van der Waals surface area contributed by atoms with E-state index < -0.39 is 0 Å². The molecule has 2 rings (SSSR count). The number of piperazine rings is 1. The van der Waals surface area contributed by atoms with Crippen molar-refractivity contribution in [2.24, 2.45) is 0 Å². The van der Waals surface area contributed by atoms with Crippen molar-refractivity contribution in [3.05, 3.63) is 30.1 Å². The molecule has 15 heavy (non-hydrogen) atoms. The number of aromatic nitrogens is 1. The van der Waals surface area contributed by atoms with Crippen molar-refractivity contribution in [2.45, 2.75) is 19.4 Å². The summed E-state index contributed by atoms with van der Waals surface area (Å²) in [5.74, 6) is 0. The van der Waals surface area contributed by atoms with Gasteiger partial charge in [0.25, 0.3) is 0 Å². The highest BCUT2D eigenvalue weighted by Gasteiger charge is 2.14. The summed E-state index contributed by atoms with van der Waals surface area (Å²) >= 11 is 0. The normalized spacial score (nSPS) is 22.9. The molecule has 0 aromatic carbocycles. The van der Waals surface area contributed by atoms with Crippen LogP contribution in [0.5, 0.6) is 0 Å². The maximum Gasteiger partial charge on any atom is 0.0270 e. The predicted molar refractivity (Wildman–Crippen MR) is 61.8 cm³/mol. The molecule has 1 aromatic rings. The number of rotatable bonds is 3. The third-order valence-corrected chi connectivity index (χ3v) is 2.92. The zero-order valence-electron chi connectivity index (χ0n) is 9.32. The van der Waals surface area contributed by atoms with Crippen molar-refractivity contribution in [3.63, 3.8) is 0 Å². The minimum atomic E-state index is 0.635. The summed E-state index contributed by atoms with van der Waals surface area (Å²) < 4.78 is 0. The minimum absolute atomic E-state index is 0.635. The van der Waals surface area contributed by atoms with Gasteiger partial charge in [-0.2, -0.15) is 0 Å². The summed E-state index contributed by atoms with van der Waals surface area (Å²) in [5, 5.41) is 3.46. The molecule has 1 atom stereocenters. The van der Waals surface area contributed by atoms with Crippen LogP contribution in [-0.4, -0.2) is 42.1 Å². The fraction of sp³-hybridized carbons (Fsp3) is 0.583. The van der Waals surface area contributed by atoms with E-state index in [1.54, 1.807) is 0 Å². The van der Waals surface area contributed by atoms with Crippen molar-refractivity contribution in [1.82, 2.24) is 15.2 Å². The highest BCUT2D eigenvalue weighted by Crippen LogP contribution is 2.03. The molecule has 1 aliphatic heterocycles. The van der Waals surface area contributed by atoms with Gasteiger partial charge < -0.3 is 10.2 Å². The monoisotopic (exact) mass is 205 g/mol. The van der Waals surface area contributed by atoms with E-state index in [0.717, 1.165) is 19.5 Å². The molecule has 1 saturated heterocycles. The van der Waals surface area contributed by atoms with Gasteiger partial charge in [-0.3, -0.25) is 4.98 Å². The van der Waals surface area contributed by atoms with Gasteiger partial charge in [-0.25, -0.2) is 0 Å². The van der Waals surface area contributed by atoms with Crippen molar-refractivity contribution in [2.75, 3.05) is 26.2 Å². The van der Waals surface area contributed by atoms with Gasteiger partial charge in [0.15, 0.2) is 0 Å². The molecule has 0 radical (unpaired) electrons. The summed E-state index contributed by atoms with van der Waals surface area (Å²) in [4.78, 5) is 6.56. The Bertz CT molecular complexity index is 286. The minimum Gasteiger partial charge on any atom is -0.312 e. The van der Waals surface area contributed by atoms with E-state index in [4.69, 9.17) is 0 Å². The average Bonchev–Trinajstić information content (AvgIpc) is 2.28. The lowest BCUT2D eigenvalue weighted by Gasteiger charge is -2.31. The molecule has 1 unspecified atom stereocenters. The molecular formula is C12H19N3. The van der Waals surface area contributed by atoms with E-state index in [1.165, 1.54) is 18.7 Å². The standard InChI is InChI=1S/C12H19N3/c1-11-10-15(9-7-14-11)8-4-12-2-5-13-6-3-12/h2-3,5-6,11,14H,4,7-10H2,1H3. The van der Waals surface area contributed by atoms with Gasteiger partial charge in [0, 0.05) is 44.6 Å². The van der Waals surface area contributed by atoms with Gasteiger partial charge in [0.2, 0.25) is 0 Å². The first-order valence-corrected chi connectivity index (χ1v) is 5.69. The quantitative estimate of drug-likeness (QED) is 0.795. The zero-order chi connectivity index (χ0) is 10.5. The van der Waals surface area contributed by atoms with Gasteiger partial charge in [0.1, 0.15) is 0 Å². The fourth-order valence-electron chi connectivity index (χ4n) is 2.05. The van der Waals surface area contributed by atoms with Crippen LogP contribution in [0.25, 0.3) is 0 Å². The largest absolute Gasteiger partial charge is 0.312 e. The maximum absolute atomic E-state index is 4.03. The molecule has 0 amide bonds. The highest BCUT2D eigenvalue weighted by atomic mass is 15.2. The van der Waals surface area contributed by atoms with Gasteiger partial charge in [-0.05, 0) is 31.0 Å². The second kappa shape index (κ2) is 5.24. The van der Waals surface area contributed by atoms with Crippen molar-refractivity contribution >= 4 is 0 Å². The van der Waals surface area contributed by atoms with Gasteiger partial charge in [0.05, 0.1) is 0 Å². The van der Waals surface area contributed by atoms with Crippen molar-refractivity contribution in [3.8, 4) is 0 Å². The first-order valence-electron chi connectivity index (χ1n) is 5.69. The lowest BCUT2D eigenvalue weighted by molar-refractivity contribution is 0.209. The molecule has 0 saturated carbocycles. The van der Waals surface area contributed by atoms with E-state index in [9.17, 15) is 0 Å². The number of hydrogen-bond donors (Lipinski definition) is 1. The lowest BCUT2D eigenvalue weighted by atomic mass is 10.1. The smallest absolute Gasteiger partial charge is 0.0270 e. The van der Waals surface area contributed by atoms with E-state index in [2.05, 4.69) is 34.3 Å². The highest BCUT2D eigenvalue weighted by molar-refractivity contribution is 5.09. The molecule has 1 aromatic heterocycles. The molecule has 82 valence electrons. The molecule has 0 spiro atoms.